The number of carbonyl (C=O) groups excluding carboxylic acids is 2. The molecule has 1 fully saturated rings. The lowest BCUT2D eigenvalue weighted by atomic mass is 10.1. The van der Waals surface area contributed by atoms with E-state index < -0.39 is 0 Å². The van der Waals surface area contributed by atoms with Gasteiger partial charge in [-0.05, 0) is 29.8 Å². The summed E-state index contributed by atoms with van der Waals surface area (Å²) in [5, 5.41) is 4.00. The predicted octanol–water partition coefficient (Wildman–Crippen LogP) is 3.66. The molecule has 2 amide bonds. The van der Waals surface area contributed by atoms with Gasteiger partial charge in [0.1, 0.15) is 0 Å². The largest absolute Gasteiger partial charge is 0.352 e. The van der Waals surface area contributed by atoms with Crippen molar-refractivity contribution >= 4 is 40.7 Å². The molecule has 0 bridgehead atoms. The topological polar surface area (TPSA) is 49.4 Å². The standard InChI is InChI=1S/C18H16Cl2N2O2/c19-14-5-3-4-12(8-14)10-21-18(24)13-9-17(23)22(11-13)16-7-2-1-6-15(16)20/h1-8,13H,9-11H2,(H,21,24)/t13-/m0/s1. The average Bonchev–Trinajstić information content (AvgIpc) is 2.95. The van der Waals surface area contributed by atoms with E-state index in [9.17, 15) is 9.59 Å². The number of hydrogen-bond acceptors (Lipinski definition) is 2. The Morgan fingerprint density at radius 2 is 1.96 bits per heavy atom. The van der Waals surface area contributed by atoms with E-state index in [2.05, 4.69) is 5.32 Å². The van der Waals surface area contributed by atoms with Crippen LogP contribution >= 0.6 is 23.2 Å². The van der Waals surface area contributed by atoms with Gasteiger partial charge in [-0.1, -0.05) is 47.5 Å². The highest BCUT2D eigenvalue weighted by Crippen LogP contribution is 2.31. The number of amides is 2. The molecule has 3 rings (SSSR count). The van der Waals surface area contributed by atoms with Crippen LogP contribution in [0.1, 0.15) is 12.0 Å². The third kappa shape index (κ3) is 3.71. The van der Waals surface area contributed by atoms with Gasteiger partial charge in [0, 0.05) is 24.5 Å². The number of benzene rings is 2. The number of para-hydroxylation sites is 1. The Labute approximate surface area is 150 Å². The first-order valence-corrected chi connectivity index (χ1v) is 8.37. The number of anilines is 1. The highest BCUT2D eigenvalue weighted by molar-refractivity contribution is 6.34. The van der Waals surface area contributed by atoms with Gasteiger partial charge in [0.2, 0.25) is 11.8 Å². The van der Waals surface area contributed by atoms with E-state index in [4.69, 9.17) is 23.2 Å². The molecule has 1 atom stereocenters. The zero-order chi connectivity index (χ0) is 17.1. The molecule has 1 heterocycles. The summed E-state index contributed by atoms with van der Waals surface area (Å²) in [5.41, 5.74) is 1.57. The van der Waals surface area contributed by atoms with Crippen LogP contribution in [0.15, 0.2) is 48.5 Å². The molecular weight excluding hydrogens is 347 g/mol. The number of halogens is 2. The molecular formula is C18H16Cl2N2O2. The van der Waals surface area contributed by atoms with Crippen LogP contribution in [-0.4, -0.2) is 18.4 Å². The lowest BCUT2D eigenvalue weighted by Gasteiger charge is -2.18. The Bertz CT molecular complexity index is 779. The van der Waals surface area contributed by atoms with Gasteiger partial charge in [0.25, 0.3) is 0 Å². The molecule has 0 radical (unpaired) electrons. The SMILES string of the molecule is O=C(NCc1cccc(Cl)c1)[C@H]1CC(=O)N(c2ccccc2Cl)C1. The van der Waals surface area contributed by atoms with Crippen LogP contribution in [0.5, 0.6) is 0 Å². The Hall–Kier alpha value is -2.04. The molecule has 6 heteroatoms. The Kier molecular flexibility index (Phi) is 5.07. The van der Waals surface area contributed by atoms with Gasteiger partial charge in [0.15, 0.2) is 0 Å². The number of nitrogens with one attached hydrogen (secondary N) is 1. The zero-order valence-corrected chi connectivity index (χ0v) is 14.3. The quantitative estimate of drug-likeness (QED) is 0.901. The maximum absolute atomic E-state index is 12.4. The van der Waals surface area contributed by atoms with Gasteiger partial charge in [0.05, 0.1) is 16.6 Å². The van der Waals surface area contributed by atoms with Gasteiger partial charge in [-0.2, -0.15) is 0 Å². The van der Waals surface area contributed by atoms with E-state index in [1.165, 1.54) is 0 Å². The summed E-state index contributed by atoms with van der Waals surface area (Å²) in [7, 11) is 0. The van der Waals surface area contributed by atoms with Gasteiger partial charge in [-0.25, -0.2) is 0 Å². The number of nitrogens with zero attached hydrogens (tertiary/aromatic N) is 1. The average molecular weight is 363 g/mol. The van der Waals surface area contributed by atoms with Crippen molar-refractivity contribution < 1.29 is 9.59 Å². The van der Waals surface area contributed by atoms with E-state index >= 15 is 0 Å². The fraction of sp³-hybridized carbons (Fsp3) is 0.222. The van der Waals surface area contributed by atoms with Crippen molar-refractivity contribution in [1.82, 2.24) is 5.32 Å². The van der Waals surface area contributed by atoms with Crippen molar-refractivity contribution in [1.29, 1.82) is 0 Å². The van der Waals surface area contributed by atoms with Crippen molar-refractivity contribution in [3.05, 3.63) is 64.1 Å². The molecule has 24 heavy (non-hydrogen) atoms. The monoisotopic (exact) mass is 362 g/mol. The smallest absolute Gasteiger partial charge is 0.227 e. The van der Waals surface area contributed by atoms with Crippen molar-refractivity contribution in [3.63, 3.8) is 0 Å². The number of carbonyl (C=O) groups is 2. The van der Waals surface area contributed by atoms with Crippen LogP contribution in [0.2, 0.25) is 10.0 Å². The first-order valence-electron chi connectivity index (χ1n) is 7.61. The van der Waals surface area contributed by atoms with E-state index in [0.29, 0.717) is 28.8 Å². The van der Waals surface area contributed by atoms with Gasteiger partial charge >= 0.3 is 0 Å². The summed E-state index contributed by atoms with van der Waals surface area (Å²) in [5.74, 6) is -0.614. The third-order valence-corrected chi connectivity index (χ3v) is 4.55. The molecule has 1 aliphatic heterocycles. The van der Waals surface area contributed by atoms with Gasteiger partial charge in [-0.15, -0.1) is 0 Å². The lowest BCUT2D eigenvalue weighted by Crippen LogP contribution is -2.32. The molecule has 0 aromatic heterocycles. The molecule has 2 aromatic carbocycles. The normalized spacial score (nSPS) is 17.2. The van der Waals surface area contributed by atoms with Crippen LogP contribution in [0.25, 0.3) is 0 Å². The molecule has 1 aliphatic rings. The highest BCUT2D eigenvalue weighted by Gasteiger charge is 2.35. The Morgan fingerprint density at radius 1 is 1.17 bits per heavy atom. The second kappa shape index (κ2) is 7.24. The van der Waals surface area contributed by atoms with E-state index in [0.717, 1.165) is 5.56 Å². The minimum Gasteiger partial charge on any atom is -0.352 e. The second-order valence-electron chi connectivity index (χ2n) is 5.70. The molecule has 2 aromatic rings. The fourth-order valence-corrected chi connectivity index (χ4v) is 3.22. The predicted molar refractivity (Wildman–Crippen MR) is 95.2 cm³/mol. The van der Waals surface area contributed by atoms with Crippen molar-refractivity contribution in [2.75, 3.05) is 11.4 Å². The summed E-state index contributed by atoms with van der Waals surface area (Å²) < 4.78 is 0. The number of rotatable bonds is 4. The van der Waals surface area contributed by atoms with Crippen molar-refractivity contribution in [2.24, 2.45) is 5.92 Å². The maximum atomic E-state index is 12.4. The Morgan fingerprint density at radius 3 is 2.71 bits per heavy atom. The van der Waals surface area contributed by atoms with Gasteiger partial charge < -0.3 is 10.2 Å². The Balaban J connectivity index is 1.63. The summed E-state index contributed by atoms with van der Waals surface area (Å²) in [6.07, 6.45) is 0.187. The van der Waals surface area contributed by atoms with Crippen LogP contribution in [0.3, 0.4) is 0 Å². The molecule has 4 nitrogen and oxygen atoms in total. The fourth-order valence-electron chi connectivity index (χ4n) is 2.77. The molecule has 1 N–H and O–H groups in total. The van der Waals surface area contributed by atoms with E-state index in [1.807, 2.05) is 24.3 Å². The third-order valence-electron chi connectivity index (χ3n) is 3.99. The molecule has 1 saturated heterocycles. The summed E-state index contributed by atoms with van der Waals surface area (Å²) in [6.45, 7) is 0.722. The van der Waals surface area contributed by atoms with Crippen LogP contribution < -0.4 is 10.2 Å². The minimum atomic E-state index is -0.382. The summed E-state index contributed by atoms with van der Waals surface area (Å²) in [4.78, 5) is 26.2. The summed E-state index contributed by atoms with van der Waals surface area (Å²) >= 11 is 12.1. The van der Waals surface area contributed by atoms with E-state index in [1.54, 1.807) is 29.2 Å². The van der Waals surface area contributed by atoms with Crippen molar-refractivity contribution in [3.8, 4) is 0 Å². The molecule has 0 aliphatic carbocycles. The lowest BCUT2D eigenvalue weighted by molar-refractivity contribution is -0.126. The molecule has 0 saturated carbocycles. The molecule has 124 valence electrons. The first kappa shape index (κ1) is 16.8. The maximum Gasteiger partial charge on any atom is 0.227 e. The van der Waals surface area contributed by atoms with Crippen LogP contribution in [0, 0.1) is 5.92 Å². The van der Waals surface area contributed by atoms with Crippen LogP contribution in [0.4, 0.5) is 5.69 Å². The number of hydrogen-bond donors (Lipinski definition) is 1. The molecule has 0 unspecified atom stereocenters. The first-order chi connectivity index (χ1) is 11.5. The zero-order valence-electron chi connectivity index (χ0n) is 12.8. The van der Waals surface area contributed by atoms with Crippen LogP contribution in [-0.2, 0) is 16.1 Å². The highest BCUT2D eigenvalue weighted by atomic mass is 35.5. The summed E-state index contributed by atoms with van der Waals surface area (Å²) in [6, 6.07) is 14.5. The minimum absolute atomic E-state index is 0.0917. The van der Waals surface area contributed by atoms with Crippen molar-refractivity contribution in [2.45, 2.75) is 13.0 Å². The van der Waals surface area contributed by atoms with Gasteiger partial charge in [-0.3, -0.25) is 9.59 Å². The van der Waals surface area contributed by atoms with E-state index in [-0.39, 0.29) is 24.2 Å². The second-order valence-corrected chi connectivity index (χ2v) is 6.55. The molecule has 0 spiro atoms.